The summed E-state index contributed by atoms with van der Waals surface area (Å²) >= 11 is 0. The highest BCUT2D eigenvalue weighted by Crippen LogP contribution is 2.15. The molecule has 0 aromatic heterocycles. The highest BCUT2D eigenvalue weighted by molar-refractivity contribution is 5.81. The molecular formula is C16H26N2O2. The van der Waals surface area contributed by atoms with Crippen molar-refractivity contribution >= 4 is 5.91 Å². The number of likely N-dealkylation sites (N-methyl/N-ethyl adjacent to an activating group) is 1. The molecule has 0 aliphatic carbocycles. The molecule has 0 heterocycles. The maximum absolute atomic E-state index is 12.0. The lowest BCUT2D eigenvalue weighted by atomic mass is 10.0. The third-order valence-corrected chi connectivity index (χ3v) is 3.20. The Labute approximate surface area is 121 Å². The van der Waals surface area contributed by atoms with E-state index in [1.807, 2.05) is 31.2 Å². The maximum atomic E-state index is 12.0. The zero-order valence-corrected chi connectivity index (χ0v) is 12.9. The van der Waals surface area contributed by atoms with E-state index in [1.54, 1.807) is 11.9 Å². The van der Waals surface area contributed by atoms with Crippen molar-refractivity contribution in [2.45, 2.75) is 33.2 Å². The van der Waals surface area contributed by atoms with Crippen molar-refractivity contribution in [3.8, 4) is 5.75 Å². The molecule has 1 amide bonds. The highest BCUT2D eigenvalue weighted by atomic mass is 16.5. The Hall–Kier alpha value is -1.55. The van der Waals surface area contributed by atoms with Crippen molar-refractivity contribution in [2.75, 3.05) is 20.2 Å². The number of carbonyl (C=O) groups excluding carboxylic acids is 1. The quantitative estimate of drug-likeness (QED) is 0.832. The van der Waals surface area contributed by atoms with Crippen LogP contribution in [0.15, 0.2) is 24.3 Å². The minimum absolute atomic E-state index is 0.0212. The molecule has 1 aromatic rings. The van der Waals surface area contributed by atoms with Gasteiger partial charge in [-0.1, -0.05) is 32.0 Å². The Balaban J connectivity index is 2.38. The molecule has 0 aliphatic heterocycles. The summed E-state index contributed by atoms with van der Waals surface area (Å²) in [6.45, 7) is 7.14. The molecule has 0 unspecified atom stereocenters. The molecule has 0 saturated carbocycles. The lowest BCUT2D eigenvalue weighted by Gasteiger charge is -2.22. The lowest BCUT2D eigenvalue weighted by Crippen LogP contribution is -2.43. The molecular weight excluding hydrogens is 252 g/mol. The normalized spacial score (nSPS) is 12.3. The average molecular weight is 278 g/mol. The van der Waals surface area contributed by atoms with Crippen LogP contribution in [0.1, 0.15) is 25.8 Å². The summed E-state index contributed by atoms with van der Waals surface area (Å²) in [5.74, 6) is 1.26. The maximum Gasteiger partial charge on any atom is 0.239 e. The van der Waals surface area contributed by atoms with Gasteiger partial charge >= 0.3 is 0 Å². The molecule has 1 rings (SSSR count). The van der Waals surface area contributed by atoms with Crippen molar-refractivity contribution < 1.29 is 9.53 Å². The number of aryl methyl sites for hydroxylation is 1. The zero-order valence-electron chi connectivity index (χ0n) is 12.9. The van der Waals surface area contributed by atoms with E-state index in [1.165, 1.54) is 0 Å². The van der Waals surface area contributed by atoms with Crippen molar-refractivity contribution in [3.05, 3.63) is 29.8 Å². The third kappa shape index (κ3) is 5.21. The van der Waals surface area contributed by atoms with E-state index >= 15 is 0 Å². The average Bonchev–Trinajstić information content (AvgIpc) is 2.39. The van der Waals surface area contributed by atoms with Crippen molar-refractivity contribution in [1.82, 2.24) is 4.90 Å². The van der Waals surface area contributed by atoms with Gasteiger partial charge in [-0.15, -0.1) is 0 Å². The van der Waals surface area contributed by atoms with Gasteiger partial charge in [0, 0.05) is 7.05 Å². The number of carbonyl (C=O) groups is 1. The number of hydrogen-bond acceptors (Lipinski definition) is 3. The first-order valence-corrected chi connectivity index (χ1v) is 7.10. The van der Waals surface area contributed by atoms with Crippen LogP contribution < -0.4 is 10.5 Å². The monoisotopic (exact) mass is 278 g/mol. The van der Waals surface area contributed by atoms with Crippen LogP contribution in [0.2, 0.25) is 0 Å². The molecule has 1 aromatic carbocycles. The summed E-state index contributed by atoms with van der Waals surface area (Å²) in [7, 11) is 1.77. The zero-order chi connectivity index (χ0) is 15.1. The SMILES string of the molecule is Cc1ccccc1OCCN(C)C(=O)[C@@H](N)CC(C)C. The lowest BCUT2D eigenvalue weighted by molar-refractivity contribution is -0.131. The topological polar surface area (TPSA) is 55.6 Å². The number of hydrogen-bond donors (Lipinski definition) is 1. The van der Waals surface area contributed by atoms with Crippen LogP contribution in [0.25, 0.3) is 0 Å². The summed E-state index contributed by atoms with van der Waals surface area (Å²) in [6.07, 6.45) is 0.710. The Bertz CT molecular complexity index is 432. The molecule has 4 heteroatoms. The van der Waals surface area contributed by atoms with Gasteiger partial charge in [0.25, 0.3) is 0 Å². The Morgan fingerprint density at radius 1 is 1.35 bits per heavy atom. The molecule has 4 nitrogen and oxygen atoms in total. The Morgan fingerprint density at radius 2 is 2.00 bits per heavy atom. The van der Waals surface area contributed by atoms with Crippen molar-refractivity contribution in [1.29, 1.82) is 0 Å². The molecule has 0 aliphatic rings. The smallest absolute Gasteiger partial charge is 0.239 e. The standard InChI is InChI=1S/C16H26N2O2/c1-12(2)11-14(17)16(19)18(4)9-10-20-15-8-6-5-7-13(15)3/h5-8,12,14H,9-11,17H2,1-4H3/t14-/m0/s1. The minimum atomic E-state index is -0.418. The molecule has 0 bridgehead atoms. The summed E-state index contributed by atoms with van der Waals surface area (Å²) in [4.78, 5) is 13.7. The van der Waals surface area contributed by atoms with Gasteiger partial charge in [-0.3, -0.25) is 4.79 Å². The molecule has 0 radical (unpaired) electrons. The summed E-state index contributed by atoms with van der Waals surface area (Å²) in [5, 5.41) is 0. The van der Waals surface area contributed by atoms with Crippen LogP contribution in [0.3, 0.4) is 0 Å². The molecule has 112 valence electrons. The Morgan fingerprint density at radius 3 is 2.60 bits per heavy atom. The van der Waals surface area contributed by atoms with E-state index in [4.69, 9.17) is 10.5 Å². The number of amides is 1. The van der Waals surface area contributed by atoms with Crippen molar-refractivity contribution in [2.24, 2.45) is 11.7 Å². The predicted octanol–water partition coefficient (Wildman–Crippen LogP) is 2.21. The van der Waals surface area contributed by atoms with E-state index in [-0.39, 0.29) is 5.91 Å². The van der Waals surface area contributed by atoms with Gasteiger partial charge in [-0.05, 0) is 30.9 Å². The second-order valence-electron chi connectivity index (χ2n) is 5.61. The highest BCUT2D eigenvalue weighted by Gasteiger charge is 2.18. The van der Waals surface area contributed by atoms with Gasteiger partial charge in [0.05, 0.1) is 12.6 Å². The first kappa shape index (κ1) is 16.5. The molecule has 0 fully saturated rings. The molecule has 2 N–H and O–H groups in total. The number of ether oxygens (including phenoxy) is 1. The van der Waals surface area contributed by atoms with Crippen LogP contribution in [-0.4, -0.2) is 37.0 Å². The van der Waals surface area contributed by atoms with E-state index < -0.39 is 6.04 Å². The van der Waals surface area contributed by atoms with Crippen LogP contribution in [-0.2, 0) is 4.79 Å². The second-order valence-corrected chi connectivity index (χ2v) is 5.61. The minimum Gasteiger partial charge on any atom is -0.491 e. The fraction of sp³-hybridized carbons (Fsp3) is 0.562. The first-order valence-electron chi connectivity index (χ1n) is 7.10. The van der Waals surface area contributed by atoms with Crippen LogP contribution in [0, 0.1) is 12.8 Å². The molecule has 20 heavy (non-hydrogen) atoms. The third-order valence-electron chi connectivity index (χ3n) is 3.20. The number of rotatable bonds is 7. The summed E-state index contributed by atoms with van der Waals surface area (Å²) in [5.41, 5.74) is 6.99. The van der Waals surface area contributed by atoms with Crippen LogP contribution in [0.4, 0.5) is 0 Å². The number of benzene rings is 1. The molecule has 1 atom stereocenters. The van der Waals surface area contributed by atoms with Gasteiger partial charge in [-0.2, -0.15) is 0 Å². The largest absolute Gasteiger partial charge is 0.491 e. The van der Waals surface area contributed by atoms with Gasteiger partial charge in [-0.25, -0.2) is 0 Å². The predicted molar refractivity (Wildman–Crippen MR) is 81.7 cm³/mol. The van der Waals surface area contributed by atoms with E-state index in [2.05, 4.69) is 13.8 Å². The molecule has 0 spiro atoms. The fourth-order valence-electron chi connectivity index (χ4n) is 2.01. The van der Waals surface area contributed by atoms with Crippen LogP contribution in [0.5, 0.6) is 5.75 Å². The number of para-hydroxylation sites is 1. The Kier molecular flexibility index (Phi) is 6.52. The van der Waals surface area contributed by atoms with Gasteiger partial charge in [0.1, 0.15) is 12.4 Å². The van der Waals surface area contributed by atoms with Gasteiger partial charge in [0.15, 0.2) is 0 Å². The van der Waals surface area contributed by atoms with E-state index in [0.717, 1.165) is 11.3 Å². The molecule has 0 saturated heterocycles. The summed E-state index contributed by atoms with van der Waals surface area (Å²) in [6, 6.07) is 7.43. The second kappa shape index (κ2) is 7.90. The van der Waals surface area contributed by atoms with E-state index in [0.29, 0.717) is 25.5 Å². The van der Waals surface area contributed by atoms with E-state index in [9.17, 15) is 4.79 Å². The van der Waals surface area contributed by atoms with Gasteiger partial charge in [0.2, 0.25) is 5.91 Å². The number of nitrogens with zero attached hydrogens (tertiary/aromatic N) is 1. The summed E-state index contributed by atoms with van der Waals surface area (Å²) < 4.78 is 5.68. The van der Waals surface area contributed by atoms with Crippen molar-refractivity contribution in [3.63, 3.8) is 0 Å². The number of nitrogens with two attached hydrogens (primary N) is 1. The van der Waals surface area contributed by atoms with Gasteiger partial charge < -0.3 is 15.4 Å². The van der Waals surface area contributed by atoms with Crippen LogP contribution >= 0.6 is 0 Å². The first-order chi connectivity index (χ1) is 9.41. The fourth-order valence-corrected chi connectivity index (χ4v) is 2.01.